The van der Waals surface area contributed by atoms with Crippen molar-refractivity contribution in [2.24, 2.45) is 0 Å². The van der Waals surface area contributed by atoms with Crippen molar-refractivity contribution in [3.05, 3.63) is 60.2 Å². The Morgan fingerprint density at radius 1 is 0.889 bits per heavy atom. The minimum atomic E-state index is -3.95. The number of carbonyl (C=O) groups excluding carboxylic acids is 2. The first-order valence-corrected chi connectivity index (χ1v) is 10.5. The maximum Gasteiger partial charge on any atom is 0.242 e. The quantitative estimate of drug-likeness (QED) is 0.727. The average molecular weight is 388 g/mol. The fraction of sp³-hybridized carbons (Fsp3) is 0.300. The van der Waals surface area contributed by atoms with Crippen LogP contribution in [0, 0.1) is 0 Å². The van der Waals surface area contributed by atoms with Crippen molar-refractivity contribution >= 4 is 33.0 Å². The van der Waals surface area contributed by atoms with Crippen molar-refractivity contribution < 1.29 is 18.0 Å². The van der Waals surface area contributed by atoms with Gasteiger partial charge in [-0.25, -0.2) is 8.42 Å². The predicted octanol–water partition coefficient (Wildman–Crippen LogP) is 3.02. The smallest absolute Gasteiger partial charge is 0.242 e. The summed E-state index contributed by atoms with van der Waals surface area (Å²) in [6.45, 7) is 3.62. The number of benzene rings is 2. The fourth-order valence-electron chi connectivity index (χ4n) is 2.65. The molecule has 2 amide bonds. The highest BCUT2D eigenvalue weighted by Gasteiger charge is 2.33. The summed E-state index contributed by atoms with van der Waals surface area (Å²) in [7, 11) is -3.95. The molecule has 0 radical (unpaired) electrons. The van der Waals surface area contributed by atoms with Gasteiger partial charge in [0.1, 0.15) is 11.0 Å². The second-order valence-corrected chi connectivity index (χ2v) is 8.34. The number of para-hydroxylation sites is 1. The van der Waals surface area contributed by atoms with Crippen LogP contribution >= 0.6 is 0 Å². The molecule has 0 saturated carbocycles. The van der Waals surface area contributed by atoms with Gasteiger partial charge in [-0.15, -0.1) is 0 Å². The molecule has 2 N–H and O–H groups in total. The van der Waals surface area contributed by atoms with Crippen LogP contribution < -0.4 is 10.6 Å². The monoisotopic (exact) mass is 388 g/mol. The summed E-state index contributed by atoms with van der Waals surface area (Å²) >= 11 is 0. The van der Waals surface area contributed by atoms with E-state index in [0.717, 1.165) is 12.0 Å². The lowest BCUT2D eigenvalue weighted by atomic mass is 10.1. The van der Waals surface area contributed by atoms with E-state index in [1.807, 2.05) is 19.1 Å². The van der Waals surface area contributed by atoms with Gasteiger partial charge in [0.2, 0.25) is 11.8 Å². The average Bonchev–Trinajstić information content (AvgIpc) is 2.63. The number of sulfone groups is 1. The number of hydrogen-bond donors (Lipinski definition) is 2. The third-order valence-corrected chi connectivity index (χ3v) is 6.20. The number of aryl methyl sites for hydroxylation is 1. The molecule has 0 aliphatic carbocycles. The van der Waals surface area contributed by atoms with Crippen LogP contribution in [0.4, 0.5) is 11.4 Å². The first-order chi connectivity index (χ1) is 12.9. The van der Waals surface area contributed by atoms with E-state index in [4.69, 9.17) is 0 Å². The Labute approximate surface area is 159 Å². The zero-order chi connectivity index (χ0) is 19.9. The topological polar surface area (TPSA) is 92.3 Å². The van der Waals surface area contributed by atoms with Crippen molar-refractivity contribution in [3.8, 4) is 0 Å². The summed E-state index contributed by atoms with van der Waals surface area (Å²) in [5, 5.41) is 3.87. The molecule has 2 aromatic carbocycles. The normalized spacial score (nSPS) is 12.2. The number of amides is 2. The van der Waals surface area contributed by atoms with E-state index in [0.29, 0.717) is 11.4 Å². The summed E-state index contributed by atoms with van der Waals surface area (Å²) < 4.78 is 25.1. The summed E-state index contributed by atoms with van der Waals surface area (Å²) in [4.78, 5) is 24.5. The zero-order valence-electron chi connectivity index (χ0n) is 15.4. The van der Waals surface area contributed by atoms with Gasteiger partial charge in [-0.2, -0.15) is 0 Å². The van der Waals surface area contributed by atoms with Crippen LogP contribution in [0.1, 0.15) is 25.8 Å². The highest BCUT2D eigenvalue weighted by molar-refractivity contribution is 7.93. The van der Waals surface area contributed by atoms with E-state index < -0.39 is 32.7 Å². The lowest BCUT2D eigenvalue weighted by Crippen LogP contribution is -2.39. The van der Waals surface area contributed by atoms with Gasteiger partial charge in [-0.1, -0.05) is 44.2 Å². The number of carbonyl (C=O) groups is 2. The van der Waals surface area contributed by atoms with Crippen molar-refractivity contribution in [2.75, 3.05) is 16.4 Å². The molecule has 0 aliphatic rings. The zero-order valence-corrected chi connectivity index (χ0v) is 16.3. The van der Waals surface area contributed by atoms with Gasteiger partial charge in [-0.3, -0.25) is 9.59 Å². The Balaban J connectivity index is 2.03. The molecule has 27 heavy (non-hydrogen) atoms. The van der Waals surface area contributed by atoms with E-state index in [1.54, 1.807) is 49.4 Å². The summed E-state index contributed by atoms with van der Waals surface area (Å²) in [6, 6.07) is 15.8. The lowest BCUT2D eigenvalue weighted by molar-refractivity contribution is -0.115. The van der Waals surface area contributed by atoms with Crippen molar-refractivity contribution in [2.45, 2.75) is 31.9 Å². The van der Waals surface area contributed by atoms with Crippen molar-refractivity contribution in [1.82, 2.24) is 0 Å². The molecule has 0 heterocycles. The Morgan fingerprint density at radius 2 is 1.48 bits per heavy atom. The molecule has 2 rings (SSSR count). The molecule has 0 aromatic heterocycles. The minimum Gasteiger partial charge on any atom is -0.325 e. The molecule has 1 atom stereocenters. The second kappa shape index (κ2) is 9.32. The lowest BCUT2D eigenvalue weighted by Gasteiger charge is -2.16. The van der Waals surface area contributed by atoms with Crippen LogP contribution in [0.2, 0.25) is 0 Å². The summed E-state index contributed by atoms with van der Waals surface area (Å²) in [5.74, 6) is -2.04. The first kappa shape index (κ1) is 20.6. The van der Waals surface area contributed by atoms with Gasteiger partial charge in [0, 0.05) is 11.4 Å². The fourth-order valence-corrected chi connectivity index (χ4v) is 4.18. The Bertz CT molecular complexity index is 878. The molecule has 0 saturated heterocycles. The van der Waals surface area contributed by atoms with Gasteiger partial charge in [0.15, 0.2) is 9.84 Å². The van der Waals surface area contributed by atoms with Gasteiger partial charge >= 0.3 is 0 Å². The van der Waals surface area contributed by atoms with Crippen LogP contribution in [-0.2, 0) is 25.8 Å². The molecule has 7 heteroatoms. The van der Waals surface area contributed by atoms with Crippen molar-refractivity contribution in [1.29, 1.82) is 0 Å². The van der Waals surface area contributed by atoms with Crippen LogP contribution in [0.15, 0.2) is 54.6 Å². The maximum absolute atomic E-state index is 12.6. The van der Waals surface area contributed by atoms with E-state index in [2.05, 4.69) is 10.6 Å². The maximum atomic E-state index is 12.6. The van der Waals surface area contributed by atoms with E-state index in [1.165, 1.54) is 0 Å². The highest BCUT2D eigenvalue weighted by atomic mass is 32.2. The third kappa shape index (κ3) is 5.92. The van der Waals surface area contributed by atoms with E-state index >= 15 is 0 Å². The number of hydrogen-bond acceptors (Lipinski definition) is 4. The summed E-state index contributed by atoms with van der Waals surface area (Å²) in [6.07, 6.45) is 0.955. The van der Waals surface area contributed by atoms with Gasteiger partial charge in [-0.05, 0) is 42.7 Å². The molecule has 0 spiro atoms. The molecule has 0 aliphatic heterocycles. The molecular formula is C20H24N2O4S. The number of nitrogens with one attached hydrogen (secondary N) is 2. The molecule has 6 nitrogen and oxygen atoms in total. The second-order valence-electron chi connectivity index (χ2n) is 6.16. The highest BCUT2D eigenvalue weighted by Crippen LogP contribution is 2.14. The van der Waals surface area contributed by atoms with Crippen LogP contribution in [0.3, 0.4) is 0 Å². The molecule has 144 valence electrons. The minimum absolute atomic E-state index is 0.0828. The standard InChI is InChI=1S/C20H24N2O4S/c1-3-15-10-12-17(13-11-15)21-19(23)14-27(25,26)18(4-2)20(24)22-16-8-6-5-7-9-16/h5-13,18H,3-4,14H2,1-2H3,(H,21,23)(H,22,24). The Morgan fingerprint density at radius 3 is 2.04 bits per heavy atom. The SMILES string of the molecule is CCc1ccc(NC(=O)CS(=O)(=O)C(CC)C(=O)Nc2ccccc2)cc1. The molecule has 2 aromatic rings. The van der Waals surface area contributed by atoms with Gasteiger partial charge in [0.25, 0.3) is 0 Å². The van der Waals surface area contributed by atoms with Crippen molar-refractivity contribution in [3.63, 3.8) is 0 Å². The largest absolute Gasteiger partial charge is 0.325 e. The predicted molar refractivity (Wildman–Crippen MR) is 107 cm³/mol. The third-order valence-electron chi connectivity index (χ3n) is 4.12. The molecular weight excluding hydrogens is 364 g/mol. The Hall–Kier alpha value is -2.67. The van der Waals surface area contributed by atoms with E-state index in [-0.39, 0.29) is 6.42 Å². The first-order valence-electron chi connectivity index (χ1n) is 8.82. The van der Waals surface area contributed by atoms with Crippen LogP contribution in [-0.4, -0.2) is 31.2 Å². The summed E-state index contributed by atoms with van der Waals surface area (Å²) in [5.41, 5.74) is 2.15. The van der Waals surface area contributed by atoms with Crippen LogP contribution in [0.5, 0.6) is 0 Å². The van der Waals surface area contributed by atoms with E-state index in [9.17, 15) is 18.0 Å². The number of rotatable bonds is 8. The molecule has 1 unspecified atom stereocenters. The van der Waals surface area contributed by atoms with Crippen LogP contribution in [0.25, 0.3) is 0 Å². The number of anilines is 2. The molecule has 0 bridgehead atoms. The van der Waals surface area contributed by atoms with Gasteiger partial charge < -0.3 is 10.6 Å². The van der Waals surface area contributed by atoms with Gasteiger partial charge in [0.05, 0.1) is 0 Å². The Kier molecular flexibility index (Phi) is 7.12. The molecule has 0 fully saturated rings.